The van der Waals surface area contributed by atoms with Crippen molar-refractivity contribution in [3.8, 4) is 11.9 Å². The number of ether oxygens (including phenoxy) is 1. The number of halogens is 3. The predicted molar refractivity (Wildman–Crippen MR) is 70.0 cm³/mol. The standard InChI is InChI=1S/C13H10F3N5O/c14-13(15,16)9-1-4-12(19-8-9)22-6-5-18-11-3-2-10(7-17)20-21-11/h1-4,8H,5-6H2,(H,18,21). The smallest absolute Gasteiger partial charge is 0.417 e. The highest BCUT2D eigenvalue weighted by Crippen LogP contribution is 2.29. The molecular weight excluding hydrogens is 299 g/mol. The Kier molecular flexibility index (Phi) is 4.73. The molecule has 6 nitrogen and oxygen atoms in total. The van der Waals surface area contributed by atoms with Crippen LogP contribution in [0.3, 0.4) is 0 Å². The fourth-order valence-electron chi connectivity index (χ4n) is 1.45. The zero-order valence-electron chi connectivity index (χ0n) is 11.1. The Bertz CT molecular complexity index is 649. The summed E-state index contributed by atoms with van der Waals surface area (Å²) in [4.78, 5) is 3.58. The molecule has 0 aliphatic rings. The van der Waals surface area contributed by atoms with E-state index in [-0.39, 0.29) is 18.2 Å². The molecule has 2 aromatic heterocycles. The van der Waals surface area contributed by atoms with E-state index >= 15 is 0 Å². The molecule has 0 radical (unpaired) electrons. The molecule has 0 saturated carbocycles. The van der Waals surface area contributed by atoms with Crippen LogP contribution in [0.1, 0.15) is 11.3 Å². The van der Waals surface area contributed by atoms with Crippen LogP contribution in [0.4, 0.5) is 19.0 Å². The predicted octanol–water partition coefficient (Wildman–Crippen LogP) is 2.25. The fourth-order valence-corrected chi connectivity index (χ4v) is 1.45. The van der Waals surface area contributed by atoms with Crippen LogP contribution < -0.4 is 10.1 Å². The molecule has 22 heavy (non-hydrogen) atoms. The average molecular weight is 309 g/mol. The van der Waals surface area contributed by atoms with Gasteiger partial charge in [0.2, 0.25) is 5.88 Å². The summed E-state index contributed by atoms with van der Waals surface area (Å²) in [5.74, 6) is 0.559. The van der Waals surface area contributed by atoms with E-state index in [4.69, 9.17) is 10.00 Å². The van der Waals surface area contributed by atoms with Crippen LogP contribution in [-0.4, -0.2) is 28.3 Å². The summed E-state index contributed by atoms with van der Waals surface area (Å²) in [6.07, 6.45) is -3.70. The summed E-state index contributed by atoms with van der Waals surface area (Å²) in [5, 5.41) is 18.8. The largest absolute Gasteiger partial charge is 0.476 e. The van der Waals surface area contributed by atoms with E-state index in [0.717, 1.165) is 18.3 Å². The zero-order valence-corrected chi connectivity index (χ0v) is 11.1. The minimum atomic E-state index is -4.42. The number of rotatable bonds is 5. The van der Waals surface area contributed by atoms with Crippen molar-refractivity contribution in [2.24, 2.45) is 0 Å². The van der Waals surface area contributed by atoms with Crippen LogP contribution in [0.25, 0.3) is 0 Å². The van der Waals surface area contributed by atoms with Crippen LogP contribution in [-0.2, 0) is 6.18 Å². The number of aromatic nitrogens is 3. The number of nitrogens with zero attached hydrogens (tertiary/aromatic N) is 4. The first-order valence-electron chi connectivity index (χ1n) is 6.13. The molecule has 0 amide bonds. The molecule has 2 aromatic rings. The van der Waals surface area contributed by atoms with Crippen LogP contribution in [0, 0.1) is 11.3 Å². The third kappa shape index (κ3) is 4.31. The summed E-state index contributed by atoms with van der Waals surface area (Å²) < 4.78 is 42.2. The summed E-state index contributed by atoms with van der Waals surface area (Å²) in [6.45, 7) is 0.531. The van der Waals surface area contributed by atoms with Crippen LogP contribution >= 0.6 is 0 Å². The monoisotopic (exact) mass is 309 g/mol. The van der Waals surface area contributed by atoms with Crippen molar-refractivity contribution in [2.75, 3.05) is 18.5 Å². The van der Waals surface area contributed by atoms with Gasteiger partial charge in [-0.3, -0.25) is 0 Å². The van der Waals surface area contributed by atoms with Gasteiger partial charge in [-0.1, -0.05) is 0 Å². The number of nitriles is 1. The zero-order chi connectivity index (χ0) is 16.0. The molecule has 114 valence electrons. The van der Waals surface area contributed by atoms with E-state index in [2.05, 4.69) is 20.5 Å². The van der Waals surface area contributed by atoms with Crippen LogP contribution in [0.5, 0.6) is 5.88 Å². The maximum absolute atomic E-state index is 12.3. The maximum atomic E-state index is 12.3. The van der Waals surface area contributed by atoms with Gasteiger partial charge in [0.15, 0.2) is 5.69 Å². The second-order valence-corrected chi connectivity index (χ2v) is 4.07. The number of hydrogen-bond acceptors (Lipinski definition) is 6. The highest BCUT2D eigenvalue weighted by atomic mass is 19.4. The molecule has 0 atom stereocenters. The first-order valence-corrected chi connectivity index (χ1v) is 6.13. The van der Waals surface area contributed by atoms with Crippen molar-refractivity contribution >= 4 is 5.82 Å². The molecule has 1 N–H and O–H groups in total. The second-order valence-electron chi connectivity index (χ2n) is 4.07. The van der Waals surface area contributed by atoms with Crippen molar-refractivity contribution in [1.82, 2.24) is 15.2 Å². The lowest BCUT2D eigenvalue weighted by molar-refractivity contribution is -0.137. The Morgan fingerprint density at radius 2 is 2.00 bits per heavy atom. The normalized spacial score (nSPS) is 10.8. The summed E-state index contributed by atoms with van der Waals surface area (Å²) in [5.41, 5.74) is -0.624. The Labute approximate surface area is 123 Å². The SMILES string of the molecule is N#Cc1ccc(NCCOc2ccc(C(F)(F)F)cn2)nn1. The van der Waals surface area contributed by atoms with Gasteiger partial charge in [0.1, 0.15) is 18.5 Å². The third-order valence-corrected chi connectivity index (χ3v) is 2.50. The molecule has 9 heteroatoms. The maximum Gasteiger partial charge on any atom is 0.417 e. The Balaban J connectivity index is 1.77. The average Bonchev–Trinajstić information content (AvgIpc) is 2.52. The van der Waals surface area contributed by atoms with Gasteiger partial charge in [0, 0.05) is 12.3 Å². The van der Waals surface area contributed by atoms with Crippen molar-refractivity contribution in [2.45, 2.75) is 6.18 Å². The fraction of sp³-hybridized carbons (Fsp3) is 0.231. The summed E-state index contributed by atoms with van der Waals surface area (Å²) >= 11 is 0. The number of alkyl halides is 3. The Morgan fingerprint density at radius 1 is 1.18 bits per heavy atom. The van der Waals surface area contributed by atoms with Crippen LogP contribution in [0.15, 0.2) is 30.5 Å². The second kappa shape index (κ2) is 6.71. The van der Waals surface area contributed by atoms with E-state index in [1.54, 1.807) is 6.07 Å². The lowest BCUT2D eigenvalue weighted by Crippen LogP contribution is -2.13. The van der Waals surface area contributed by atoms with Crippen molar-refractivity contribution in [1.29, 1.82) is 5.26 Å². The van der Waals surface area contributed by atoms with Gasteiger partial charge in [0.25, 0.3) is 0 Å². The molecule has 0 unspecified atom stereocenters. The number of pyridine rings is 1. The highest BCUT2D eigenvalue weighted by Gasteiger charge is 2.30. The highest BCUT2D eigenvalue weighted by molar-refractivity contribution is 5.35. The molecule has 0 fully saturated rings. The number of anilines is 1. The lowest BCUT2D eigenvalue weighted by atomic mass is 10.3. The first-order chi connectivity index (χ1) is 10.5. The van der Waals surface area contributed by atoms with E-state index in [9.17, 15) is 13.2 Å². The molecule has 0 spiro atoms. The van der Waals surface area contributed by atoms with Crippen molar-refractivity contribution in [3.05, 3.63) is 41.7 Å². The number of nitrogens with one attached hydrogen (secondary N) is 1. The first kappa shape index (κ1) is 15.5. The van der Waals surface area contributed by atoms with Gasteiger partial charge in [-0.15, -0.1) is 10.2 Å². The van der Waals surface area contributed by atoms with Crippen molar-refractivity contribution in [3.63, 3.8) is 0 Å². The topological polar surface area (TPSA) is 83.7 Å². The van der Waals surface area contributed by atoms with Gasteiger partial charge in [-0.25, -0.2) is 4.98 Å². The van der Waals surface area contributed by atoms with Gasteiger partial charge in [-0.2, -0.15) is 18.4 Å². The van der Waals surface area contributed by atoms with Gasteiger partial charge < -0.3 is 10.1 Å². The molecule has 0 aliphatic heterocycles. The van der Waals surface area contributed by atoms with Crippen LogP contribution in [0.2, 0.25) is 0 Å². The minimum absolute atomic E-state index is 0.0979. The molecule has 0 aliphatic carbocycles. The molecule has 0 saturated heterocycles. The Hall–Kier alpha value is -2.89. The molecule has 0 aromatic carbocycles. The molecule has 2 rings (SSSR count). The third-order valence-electron chi connectivity index (χ3n) is 2.50. The van der Waals surface area contributed by atoms with Crippen molar-refractivity contribution < 1.29 is 17.9 Å². The van der Waals surface area contributed by atoms with E-state index in [0.29, 0.717) is 12.4 Å². The minimum Gasteiger partial charge on any atom is -0.476 e. The van der Waals surface area contributed by atoms with E-state index in [1.165, 1.54) is 6.07 Å². The van der Waals surface area contributed by atoms with Gasteiger partial charge in [0.05, 0.1) is 12.1 Å². The van der Waals surface area contributed by atoms with E-state index in [1.807, 2.05) is 6.07 Å². The van der Waals surface area contributed by atoms with E-state index < -0.39 is 11.7 Å². The summed E-state index contributed by atoms with van der Waals surface area (Å²) in [7, 11) is 0. The Morgan fingerprint density at radius 3 is 2.55 bits per heavy atom. The molecular formula is C13H10F3N5O. The molecule has 0 bridgehead atoms. The van der Waals surface area contributed by atoms with Gasteiger partial charge in [-0.05, 0) is 18.2 Å². The molecule has 2 heterocycles. The van der Waals surface area contributed by atoms with Gasteiger partial charge >= 0.3 is 6.18 Å². The quantitative estimate of drug-likeness (QED) is 0.853. The lowest BCUT2D eigenvalue weighted by Gasteiger charge is -2.09. The summed E-state index contributed by atoms with van der Waals surface area (Å²) in [6, 6.07) is 7.00. The number of hydrogen-bond donors (Lipinski definition) is 1.